The third-order valence-electron chi connectivity index (χ3n) is 16.2. The van der Waals surface area contributed by atoms with Gasteiger partial charge in [-0.15, -0.1) is 0 Å². The normalized spacial score (nSPS) is 38.1. The first-order valence-electron chi connectivity index (χ1n) is 19.6. The van der Waals surface area contributed by atoms with Gasteiger partial charge in [-0.05, 0) is 159 Å². The molecule has 4 fully saturated rings. The van der Waals surface area contributed by atoms with Gasteiger partial charge in [-0.1, -0.05) is 65.0 Å². The van der Waals surface area contributed by atoms with Crippen LogP contribution in [0.15, 0.2) is 42.5 Å². The molecule has 1 unspecified atom stereocenters. The van der Waals surface area contributed by atoms with Gasteiger partial charge in [0.1, 0.15) is 6.42 Å². The lowest BCUT2D eigenvalue weighted by Crippen LogP contribution is -2.66. The second kappa shape index (κ2) is 13.2. The van der Waals surface area contributed by atoms with Crippen molar-refractivity contribution in [3.8, 4) is 0 Å². The third-order valence-corrected chi connectivity index (χ3v) is 16.2. The van der Waals surface area contributed by atoms with Gasteiger partial charge in [0.2, 0.25) is 5.91 Å². The van der Waals surface area contributed by atoms with E-state index in [4.69, 9.17) is 0 Å². The van der Waals surface area contributed by atoms with E-state index in [-0.39, 0.29) is 33.0 Å². The second-order valence-corrected chi connectivity index (χ2v) is 19.2. The van der Waals surface area contributed by atoms with Crippen LogP contribution in [0, 0.1) is 56.7 Å². The van der Waals surface area contributed by atoms with Crippen molar-refractivity contribution in [3.05, 3.63) is 53.6 Å². The van der Waals surface area contributed by atoms with E-state index in [9.17, 15) is 24.6 Å². The fourth-order valence-electron chi connectivity index (χ4n) is 13.7. The summed E-state index contributed by atoms with van der Waals surface area (Å²) < 4.78 is 0. The fourth-order valence-corrected chi connectivity index (χ4v) is 13.7. The van der Waals surface area contributed by atoms with Crippen LogP contribution in [0.2, 0.25) is 0 Å². The molecule has 1 amide bonds. The number of hydrogen-bond donors (Lipinski definition) is 2. The molecule has 0 spiro atoms. The van der Waals surface area contributed by atoms with Crippen molar-refractivity contribution in [2.24, 2.45) is 56.7 Å². The number of carbonyl (C=O) groups is 3. The minimum absolute atomic E-state index is 0.0147. The van der Waals surface area contributed by atoms with Crippen LogP contribution in [0.5, 0.6) is 0 Å². The molecule has 9 atom stereocenters. The Labute approximate surface area is 306 Å². The summed E-state index contributed by atoms with van der Waals surface area (Å²) in [7, 11) is 4.02. The van der Waals surface area contributed by atoms with Gasteiger partial charge in [0, 0.05) is 19.6 Å². The number of fused-ring (bicyclic) bond motifs is 7. The summed E-state index contributed by atoms with van der Waals surface area (Å²) in [6.07, 6.45) is 12.3. The first-order valence-corrected chi connectivity index (χ1v) is 19.6. The number of aromatic carboxylic acids is 1. The number of hydrogen-bond acceptors (Lipinski definition) is 4. The standard InChI is InChI=1S/C44H64N2O5/c1-28(2)31-16-21-44(27-46(25-24-45(8)9)36(47)26-37(48)49)23-22-42(6)33(38(31)44)14-15-35-41(5)19-17-32(29-10-12-30(13-11-29)39(50)51)40(3,4)34(41)18-20-43(35,42)7/h10-13,17,31,33-35,38H,1,14-16,18-27H2,2-9H3,(H,48,49)(H,50,51)/t31-,33+,34-,35+,38+,41-,42+,43+,44?/m0/s1. The number of nitrogens with zero attached hydrogens (tertiary/aromatic N) is 2. The molecule has 1 aromatic carbocycles. The van der Waals surface area contributed by atoms with Crippen LogP contribution in [0.1, 0.15) is 122 Å². The van der Waals surface area contributed by atoms with Crippen molar-refractivity contribution >= 4 is 23.4 Å². The summed E-state index contributed by atoms with van der Waals surface area (Å²) >= 11 is 0. The Morgan fingerprint density at radius 3 is 2.14 bits per heavy atom. The number of carboxylic acid groups (broad SMARTS) is 2. The third kappa shape index (κ3) is 6.02. The van der Waals surface area contributed by atoms with Gasteiger partial charge in [0.05, 0.1) is 5.56 Å². The molecule has 0 heterocycles. The first kappa shape index (κ1) is 37.8. The van der Waals surface area contributed by atoms with Gasteiger partial charge in [0.15, 0.2) is 0 Å². The maximum Gasteiger partial charge on any atom is 0.335 e. The van der Waals surface area contributed by atoms with Crippen LogP contribution < -0.4 is 0 Å². The van der Waals surface area contributed by atoms with Crippen molar-refractivity contribution < 1.29 is 24.6 Å². The predicted octanol–water partition coefficient (Wildman–Crippen LogP) is 8.90. The van der Waals surface area contributed by atoms with Crippen molar-refractivity contribution in [1.82, 2.24) is 9.80 Å². The quantitative estimate of drug-likeness (QED) is 0.187. The molecular formula is C44H64N2O5. The topological polar surface area (TPSA) is 98.2 Å². The van der Waals surface area contributed by atoms with Gasteiger partial charge >= 0.3 is 11.9 Å². The summed E-state index contributed by atoms with van der Waals surface area (Å²) in [5.41, 5.74) is 4.57. The Hall–Kier alpha value is -2.93. The van der Waals surface area contributed by atoms with Gasteiger partial charge in [-0.2, -0.15) is 0 Å². The largest absolute Gasteiger partial charge is 0.481 e. The molecule has 51 heavy (non-hydrogen) atoms. The zero-order chi connectivity index (χ0) is 37.3. The Morgan fingerprint density at radius 2 is 1.53 bits per heavy atom. The van der Waals surface area contributed by atoms with Crippen LogP contribution in [-0.2, 0) is 9.59 Å². The SMILES string of the molecule is C=C(C)[C@@H]1CCC2(CN(CCN(C)C)C(=O)CC(=O)O)CC[C@]3(C)[C@H](CC[C@@H]4[C@@]5(C)CC=C(c6ccc(C(=O)O)cc6)C(C)(C)[C@@H]5CC[C@]43C)[C@@H]12. The molecule has 4 saturated carbocycles. The Balaban J connectivity index is 1.33. The van der Waals surface area contributed by atoms with Crippen LogP contribution in [0.4, 0.5) is 0 Å². The number of allylic oxidation sites excluding steroid dienone is 3. The lowest BCUT2D eigenvalue weighted by Gasteiger charge is -2.72. The average molecular weight is 701 g/mol. The molecule has 5 aliphatic carbocycles. The van der Waals surface area contributed by atoms with Crippen molar-refractivity contribution in [3.63, 3.8) is 0 Å². The second-order valence-electron chi connectivity index (χ2n) is 19.2. The molecule has 5 aliphatic rings. The summed E-state index contributed by atoms with van der Waals surface area (Å²) in [5, 5.41) is 19.1. The molecule has 0 radical (unpaired) electrons. The summed E-state index contributed by atoms with van der Waals surface area (Å²) in [6, 6.07) is 7.50. The van der Waals surface area contributed by atoms with E-state index in [0.29, 0.717) is 48.2 Å². The van der Waals surface area contributed by atoms with Gasteiger partial charge < -0.3 is 20.0 Å². The fraction of sp³-hybridized carbons (Fsp3) is 0.705. The van der Waals surface area contributed by atoms with Gasteiger partial charge in [-0.3, -0.25) is 9.59 Å². The number of aliphatic carboxylic acids is 1. The number of rotatable bonds is 10. The molecule has 7 nitrogen and oxygen atoms in total. The van der Waals surface area contributed by atoms with Gasteiger partial charge in [0.25, 0.3) is 0 Å². The highest BCUT2D eigenvalue weighted by atomic mass is 16.4. The molecule has 7 heteroatoms. The van der Waals surface area contributed by atoms with E-state index in [1.807, 2.05) is 31.1 Å². The zero-order valence-electron chi connectivity index (χ0n) is 32.7. The van der Waals surface area contributed by atoms with Crippen LogP contribution in [-0.4, -0.2) is 71.6 Å². The highest BCUT2D eigenvalue weighted by Gasteiger charge is 2.70. The van der Waals surface area contributed by atoms with E-state index >= 15 is 0 Å². The van der Waals surface area contributed by atoms with E-state index in [1.54, 1.807) is 12.1 Å². The van der Waals surface area contributed by atoms with Crippen molar-refractivity contribution in [2.75, 3.05) is 33.7 Å². The summed E-state index contributed by atoms with van der Waals surface area (Å²) in [4.78, 5) is 40.8. The van der Waals surface area contributed by atoms with Crippen LogP contribution in [0.3, 0.4) is 0 Å². The van der Waals surface area contributed by atoms with Crippen molar-refractivity contribution in [1.29, 1.82) is 0 Å². The number of carbonyl (C=O) groups excluding carboxylic acids is 1. The molecule has 2 N–H and O–H groups in total. The smallest absolute Gasteiger partial charge is 0.335 e. The number of amides is 1. The molecule has 0 aromatic heterocycles. The van der Waals surface area contributed by atoms with Gasteiger partial charge in [-0.25, -0.2) is 4.79 Å². The highest BCUT2D eigenvalue weighted by Crippen LogP contribution is 2.77. The molecule has 0 aliphatic heterocycles. The van der Waals surface area contributed by atoms with E-state index in [1.165, 1.54) is 36.8 Å². The zero-order valence-corrected chi connectivity index (χ0v) is 32.7. The monoisotopic (exact) mass is 700 g/mol. The van der Waals surface area contributed by atoms with Crippen molar-refractivity contribution in [2.45, 2.75) is 106 Å². The number of benzene rings is 1. The molecule has 0 bridgehead atoms. The molecule has 6 rings (SSSR count). The summed E-state index contributed by atoms with van der Waals surface area (Å²) in [6.45, 7) is 21.5. The molecule has 0 saturated heterocycles. The maximum absolute atomic E-state index is 13.5. The number of carboxylic acids is 2. The molecule has 280 valence electrons. The van der Waals surface area contributed by atoms with Crippen LogP contribution in [0.25, 0.3) is 5.57 Å². The minimum Gasteiger partial charge on any atom is -0.481 e. The summed E-state index contributed by atoms with van der Waals surface area (Å²) in [5.74, 6) is 0.354. The molecule has 1 aromatic rings. The van der Waals surface area contributed by atoms with E-state index < -0.39 is 18.4 Å². The van der Waals surface area contributed by atoms with Crippen LogP contribution >= 0.6 is 0 Å². The average Bonchev–Trinajstić information content (AvgIpc) is 3.42. The van der Waals surface area contributed by atoms with E-state index in [0.717, 1.165) is 44.2 Å². The Bertz CT molecular complexity index is 1590. The minimum atomic E-state index is -1.05. The number of likely N-dealkylation sites (N-methyl/N-ethyl adjacent to an activating group) is 1. The maximum atomic E-state index is 13.5. The lowest BCUT2D eigenvalue weighted by atomic mass is 9.32. The lowest BCUT2D eigenvalue weighted by molar-refractivity contribution is -0.226. The predicted molar refractivity (Wildman–Crippen MR) is 203 cm³/mol. The Morgan fingerprint density at radius 1 is 0.843 bits per heavy atom. The highest BCUT2D eigenvalue weighted by molar-refractivity contribution is 5.93. The Kier molecular flexibility index (Phi) is 9.77. The van der Waals surface area contributed by atoms with E-state index in [2.05, 4.69) is 59.1 Å². The molecular weight excluding hydrogens is 636 g/mol. The first-order chi connectivity index (χ1) is 23.8.